The summed E-state index contributed by atoms with van der Waals surface area (Å²) in [4.78, 5) is 29.7. The van der Waals surface area contributed by atoms with Crippen molar-refractivity contribution in [2.45, 2.75) is 50.2 Å². The highest BCUT2D eigenvalue weighted by molar-refractivity contribution is 9.10. The summed E-state index contributed by atoms with van der Waals surface area (Å²) in [6, 6.07) is 24.4. The van der Waals surface area contributed by atoms with Gasteiger partial charge in [0.2, 0.25) is 11.8 Å². The van der Waals surface area contributed by atoms with Gasteiger partial charge in [-0.25, -0.2) is 12.8 Å². The van der Waals surface area contributed by atoms with E-state index in [0.29, 0.717) is 12.2 Å². The fraction of sp³-hybridized carbons (Fsp3) is 0.278. The quantitative estimate of drug-likeness (QED) is 0.152. The molecule has 0 bridgehead atoms. The second-order valence-corrected chi connectivity index (χ2v) is 14.0. The molecule has 0 radical (unpaired) electrons. The highest BCUT2D eigenvalue weighted by atomic mass is 79.9. The lowest BCUT2D eigenvalue weighted by atomic mass is 10.0. The van der Waals surface area contributed by atoms with E-state index in [1.54, 1.807) is 0 Å². The van der Waals surface area contributed by atoms with Crippen LogP contribution in [0.3, 0.4) is 0 Å². The first-order valence-electron chi connectivity index (χ1n) is 15.3. The molecular formula is C36H39BrFN3O6S. The lowest BCUT2D eigenvalue weighted by molar-refractivity contribution is -0.140. The Hall–Kier alpha value is -4.42. The number of carbonyl (C=O) groups is 2. The van der Waals surface area contributed by atoms with E-state index >= 15 is 0 Å². The molecule has 1 N–H and O–H groups in total. The number of hydrogen-bond donors (Lipinski definition) is 1. The first-order valence-corrected chi connectivity index (χ1v) is 17.6. The van der Waals surface area contributed by atoms with Crippen molar-refractivity contribution in [2.75, 3.05) is 25.1 Å². The number of hydrogen-bond acceptors (Lipinski definition) is 6. The van der Waals surface area contributed by atoms with Crippen molar-refractivity contribution in [3.05, 3.63) is 118 Å². The van der Waals surface area contributed by atoms with E-state index in [1.807, 2.05) is 68.4 Å². The summed E-state index contributed by atoms with van der Waals surface area (Å²) in [5, 5.41) is 3.01. The van der Waals surface area contributed by atoms with Gasteiger partial charge in [0.05, 0.1) is 24.8 Å². The van der Waals surface area contributed by atoms with Crippen molar-refractivity contribution in [3.63, 3.8) is 0 Å². The number of ether oxygens (including phenoxy) is 2. The van der Waals surface area contributed by atoms with E-state index in [2.05, 4.69) is 21.2 Å². The first-order chi connectivity index (χ1) is 23.0. The van der Waals surface area contributed by atoms with Crippen LogP contribution in [0.15, 0.2) is 106 Å². The maximum atomic E-state index is 14.6. The van der Waals surface area contributed by atoms with Crippen LogP contribution in [0.2, 0.25) is 0 Å². The molecule has 4 aromatic rings. The molecule has 0 spiro atoms. The van der Waals surface area contributed by atoms with Crippen LogP contribution in [-0.2, 0) is 32.6 Å². The van der Waals surface area contributed by atoms with Crippen LogP contribution in [-0.4, -0.2) is 58.0 Å². The second-order valence-electron chi connectivity index (χ2n) is 11.2. The number of rotatable bonds is 15. The third kappa shape index (κ3) is 9.13. The first kappa shape index (κ1) is 36.4. The zero-order chi connectivity index (χ0) is 34.8. The van der Waals surface area contributed by atoms with Crippen molar-refractivity contribution in [1.82, 2.24) is 10.2 Å². The maximum absolute atomic E-state index is 14.6. The predicted octanol–water partition coefficient (Wildman–Crippen LogP) is 6.36. The molecule has 12 heteroatoms. The van der Waals surface area contributed by atoms with Crippen LogP contribution in [0.1, 0.15) is 31.4 Å². The fourth-order valence-electron chi connectivity index (χ4n) is 5.02. The number of methoxy groups -OCH3 is 2. The highest BCUT2D eigenvalue weighted by Gasteiger charge is 2.35. The molecule has 2 amide bonds. The van der Waals surface area contributed by atoms with Gasteiger partial charge in [-0.05, 0) is 73.0 Å². The second kappa shape index (κ2) is 16.6. The van der Waals surface area contributed by atoms with E-state index in [0.717, 1.165) is 32.0 Å². The van der Waals surface area contributed by atoms with Gasteiger partial charge in [-0.15, -0.1) is 0 Å². The molecule has 2 atom stereocenters. The van der Waals surface area contributed by atoms with Crippen molar-refractivity contribution in [1.29, 1.82) is 0 Å². The minimum absolute atomic E-state index is 0.0191. The van der Waals surface area contributed by atoms with Gasteiger partial charge in [0.15, 0.2) is 11.5 Å². The topological polar surface area (TPSA) is 105 Å². The van der Waals surface area contributed by atoms with Crippen molar-refractivity contribution < 1.29 is 31.9 Å². The molecule has 0 saturated heterocycles. The molecule has 0 aliphatic heterocycles. The summed E-state index contributed by atoms with van der Waals surface area (Å²) in [6.07, 6.45) is 0.858. The predicted molar refractivity (Wildman–Crippen MR) is 187 cm³/mol. The van der Waals surface area contributed by atoms with Gasteiger partial charge in [0, 0.05) is 29.5 Å². The zero-order valence-corrected chi connectivity index (χ0v) is 29.6. The zero-order valence-electron chi connectivity index (χ0n) is 27.2. The average molecular weight is 741 g/mol. The molecule has 0 aromatic heterocycles. The van der Waals surface area contributed by atoms with E-state index < -0.39 is 34.3 Å². The van der Waals surface area contributed by atoms with Crippen molar-refractivity contribution >= 4 is 43.5 Å². The van der Waals surface area contributed by atoms with Gasteiger partial charge in [-0.1, -0.05) is 65.3 Å². The number of halogens is 2. The summed E-state index contributed by atoms with van der Waals surface area (Å²) in [7, 11) is -1.63. The fourth-order valence-corrected chi connectivity index (χ4v) is 6.72. The summed E-state index contributed by atoms with van der Waals surface area (Å²) < 4.78 is 55.0. The number of benzene rings is 4. The Balaban J connectivity index is 1.82. The van der Waals surface area contributed by atoms with Crippen molar-refractivity contribution in [2.24, 2.45) is 0 Å². The maximum Gasteiger partial charge on any atom is 0.264 e. The molecular weight excluding hydrogens is 701 g/mol. The molecule has 0 fully saturated rings. The highest BCUT2D eigenvalue weighted by Crippen LogP contribution is 2.32. The molecule has 254 valence electrons. The number of nitrogens with zero attached hydrogens (tertiary/aromatic N) is 2. The Morgan fingerprint density at radius 2 is 1.52 bits per heavy atom. The van der Waals surface area contributed by atoms with E-state index in [-0.39, 0.29) is 41.2 Å². The van der Waals surface area contributed by atoms with Gasteiger partial charge < -0.3 is 19.7 Å². The average Bonchev–Trinajstić information content (AvgIpc) is 3.09. The SMILES string of the molecule is CC[C@H](C)NC(=O)[C@H](Cc1ccccc1)N(Cc1ccc(Br)cc1)C(=O)CN(c1ccc(F)cc1)S(=O)(=O)c1ccc(OC)c(OC)c1. The number of nitrogens with one attached hydrogen (secondary N) is 1. The largest absolute Gasteiger partial charge is 0.493 e. The standard InChI is InChI=1S/C36H39BrFN3O6S/c1-5-25(2)39-36(43)32(21-26-9-7-6-8-10-26)40(23-27-11-13-28(37)14-12-27)35(42)24-41(30-17-15-29(38)16-18-30)48(44,45)31-19-20-33(46-3)34(22-31)47-4/h6-20,22,25,32H,5,21,23-24H2,1-4H3,(H,39,43)/t25-,32-/m0/s1. The number of anilines is 1. The van der Waals surface area contributed by atoms with Gasteiger partial charge in [-0.2, -0.15) is 0 Å². The minimum Gasteiger partial charge on any atom is -0.493 e. The smallest absolute Gasteiger partial charge is 0.264 e. The number of amides is 2. The number of carbonyl (C=O) groups excluding carboxylic acids is 2. The van der Waals surface area contributed by atoms with E-state index in [4.69, 9.17) is 9.47 Å². The number of sulfonamides is 1. The Bertz CT molecular complexity index is 1790. The van der Waals surface area contributed by atoms with E-state index in [1.165, 1.54) is 49.5 Å². The third-order valence-corrected chi connectivity index (χ3v) is 10.2. The Morgan fingerprint density at radius 3 is 2.12 bits per heavy atom. The van der Waals surface area contributed by atoms with Crippen LogP contribution in [0.5, 0.6) is 11.5 Å². The molecule has 4 aromatic carbocycles. The van der Waals surface area contributed by atoms with Crippen LogP contribution < -0.4 is 19.1 Å². The molecule has 48 heavy (non-hydrogen) atoms. The monoisotopic (exact) mass is 739 g/mol. The van der Waals surface area contributed by atoms with Gasteiger partial charge in [0.25, 0.3) is 10.0 Å². The van der Waals surface area contributed by atoms with Crippen LogP contribution in [0, 0.1) is 5.82 Å². The summed E-state index contributed by atoms with van der Waals surface area (Å²) >= 11 is 3.44. The normalized spacial score (nSPS) is 12.5. The van der Waals surface area contributed by atoms with Crippen LogP contribution >= 0.6 is 15.9 Å². The molecule has 0 aliphatic rings. The Labute approximate surface area is 289 Å². The minimum atomic E-state index is -4.44. The summed E-state index contributed by atoms with van der Waals surface area (Å²) in [5.41, 5.74) is 1.62. The molecule has 0 saturated carbocycles. The van der Waals surface area contributed by atoms with E-state index in [9.17, 15) is 22.4 Å². The van der Waals surface area contributed by atoms with Gasteiger partial charge in [-0.3, -0.25) is 13.9 Å². The lowest BCUT2D eigenvalue weighted by Gasteiger charge is -2.34. The molecule has 4 rings (SSSR count). The third-order valence-electron chi connectivity index (χ3n) is 7.87. The van der Waals surface area contributed by atoms with Crippen LogP contribution in [0.25, 0.3) is 0 Å². The van der Waals surface area contributed by atoms with Crippen molar-refractivity contribution in [3.8, 4) is 11.5 Å². The Morgan fingerprint density at radius 1 is 0.875 bits per heavy atom. The summed E-state index contributed by atoms with van der Waals surface area (Å²) in [6.45, 7) is 3.16. The van der Waals surface area contributed by atoms with Gasteiger partial charge >= 0.3 is 0 Å². The van der Waals surface area contributed by atoms with Gasteiger partial charge in [0.1, 0.15) is 18.4 Å². The lowest BCUT2D eigenvalue weighted by Crippen LogP contribution is -2.54. The molecule has 0 heterocycles. The molecule has 9 nitrogen and oxygen atoms in total. The van der Waals surface area contributed by atoms with Crippen LogP contribution in [0.4, 0.5) is 10.1 Å². The molecule has 0 unspecified atom stereocenters. The molecule has 0 aliphatic carbocycles. The Kier molecular flexibility index (Phi) is 12.6. The summed E-state index contributed by atoms with van der Waals surface area (Å²) in [5.74, 6) is -1.08.